The van der Waals surface area contributed by atoms with E-state index in [0.717, 1.165) is 0 Å². The third-order valence-corrected chi connectivity index (χ3v) is 4.81. The zero-order valence-corrected chi connectivity index (χ0v) is 10.7. The van der Waals surface area contributed by atoms with Crippen molar-refractivity contribution in [3.8, 4) is 0 Å². The van der Waals surface area contributed by atoms with Gasteiger partial charge in [0.2, 0.25) is 10.0 Å². The molecule has 18 heavy (non-hydrogen) atoms. The lowest BCUT2D eigenvalue weighted by atomic mass is 10.1. The number of carboxylic acid groups (broad SMARTS) is 1. The standard InChI is InChI=1S/C10H15N3O4S/c1-6-9(5-11-12-6)18(16,17)13-8-3-2-7(4-8)10(14)15/h5,7-8,13H,2-4H2,1H3,(H,11,12)(H,14,15)/t7-,8+/m1/s1. The number of aromatic nitrogens is 2. The molecule has 0 bridgehead atoms. The topological polar surface area (TPSA) is 112 Å². The van der Waals surface area contributed by atoms with Gasteiger partial charge in [-0.2, -0.15) is 5.10 Å². The van der Waals surface area contributed by atoms with Crippen molar-refractivity contribution in [2.75, 3.05) is 0 Å². The first-order valence-electron chi connectivity index (χ1n) is 5.65. The van der Waals surface area contributed by atoms with E-state index in [1.807, 2.05) is 0 Å². The Kier molecular flexibility index (Phi) is 3.40. The monoisotopic (exact) mass is 273 g/mol. The van der Waals surface area contributed by atoms with Gasteiger partial charge in [-0.05, 0) is 26.2 Å². The van der Waals surface area contributed by atoms with Crippen molar-refractivity contribution in [3.05, 3.63) is 11.9 Å². The Hall–Kier alpha value is -1.41. The van der Waals surface area contributed by atoms with E-state index in [1.54, 1.807) is 6.92 Å². The Morgan fingerprint density at radius 1 is 1.56 bits per heavy atom. The molecule has 1 aromatic heterocycles. The number of carbonyl (C=O) groups is 1. The van der Waals surface area contributed by atoms with E-state index >= 15 is 0 Å². The maximum atomic E-state index is 12.0. The average molecular weight is 273 g/mol. The van der Waals surface area contributed by atoms with Gasteiger partial charge in [0.15, 0.2) is 0 Å². The molecule has 1 aromatic rings. The number of hydrogen-bond acceptors (Lipinski definition) is 4. The summed E-state index contributed by atoms with van der Waals surface area (Å²) in [4.78, 5) is 10.9. The van der Waals surface area contributed by atoms with Crippen molar-refractivity contribution >= 4 is 16.0 Å². The van der Waals surface area contributed by atoms with Gasteiger partial charge in [0.1, 0.15) is 4.90 Å². The van der Waals surface area contributed by atoms with Crippen LogP contribution >= 0.6 is 0 Å². The predicted octanol–water partition coefficient (Wildman–Crippen LogP) is 0.250. The number of sulfonamides is 1. The third-order valence-electron chi connectivity index (χ3n) is 3.18. The second-order valence-electron chi connectivity index (χ2n) is 4.53. The summed E-state index contributed by atoms with van der Waals surface area (Å²) in [7, 11) is -3.62. The van der Waals surface area contributed by atoms with Gasteiger partial charge in [0.25, 0.3) is 0 Å². The van der Waals surface area contributed by atoms with Crippen LogP contribution < -0.4 is 4.72 Å². The second-order valence-corrected chi connectivity index (χ2v) is 6.21. The van der Waals surface area contributed by atoms with E-state index in [9.17, 15) is 13.2 Å². The van der Waals surface area contributed by atoms with Crippen molar-refractivity contribution in [2.24, 2.45) is 5.92 Å². The summed E-state index contributed by atoms with van der Waals surface area (Å²) in [5.74, 6) is -1.32. The molecule has 0 unspecified atom stereocenters. The Bertz CT molecular complexity index is 551. The summed E-state index contributed by atoms with van der Waals surface area (Å²) in [6.45, 7) is 1.62. The average Bonchev–Trinajstić information content (AvgIpc) is 2.86. The van der Waals surface area contributed by atoms with Gasteiger partial charge >= 0.3 is 5.97 Å². The number of aliphatic carboxylic acids is 1. The summed E-state index contributed by atoms with van der Waals surface area (Å²) < 4.78 is 26.6. The van der Waals surface area contributed by atoms with Gasteiger partial charge in [0, 0.05) is 6.04 Å². The van der Waals surface area contributed by atoms with Crippen LogP contribution in [0.1, 0.15) is 25.0 Å². The molecule has 100 valence electrons. The van der Waals surface area contributed by atoms with E-state index in [2.05, 4.69) is 14.9 Å². The molecule has 1 fully saturated rings. The molecule has 0 amide bonds. The molecule has 0 spiro atoms. The van der Waals surface area contributed by atoms with Crippen molar-refractivity contribution in [3.63, 3.8) is 0 Å². The number of carboxylic acids is 1. The molecule has 0 aromatic carbocycles. The van der Waals surface area contributed by atoms with Crippen LogP contribution in [0.3, 0.4) is 0 Å². The Labute approximate surface area is 105 Å². The fourth-order valence-electron chi connectivity index (χ4n) is 2.21. The number of aryl methyl sites for hydroxylation is 1. The summed E-state index contributed by atoms with van der Waals surface area (Å²) in [6, 6.07) is -0.314. The molecule has 2 atom stereocenters. The summed E-state index contributed by atoms with van der Waals surface area (Å²) >= 11 is 0. The lowest BCUT2D eigenvalue weighted by Gasteiger charge is -2.12. The smallest absolute Gasteiger partial charge is 0.306 e. The van der Waals surface area contributed by atoms with Crippen LogP contribution in [0.25, 0.3) is 0 Å². The van der Waals surface area contributed by atoms with E-state index in [-0.39, 0.29) is 10.9 Å². The molecule has 7 nitrogen and oxygen atoms in total. The first-order valence-corrected chi connectivity index (χ1v) is 7.13. The molecule has 0 saturated heterocycles. The molecule has 1 saturated carbocycles. The highest BCUT2D eigenvalue weighted by molar-refractivity contribution is 7.89. The fourth-order valence-corrected chi connectivity index (χ4v) is 3.63. The van der Waals surface area contributed by atoms with Gasteiger partial charge < -0.3 is 5.11 Å². The van der Waals surface area contributed by atoms with Gasteiger partial charge in [0.05, 0.1) is 17.8 Å². The minimum Gasteiger partial charge on any atom is -0.481 e. The van der Waals surface area contributed by atoms with Crippen LogP contribution in [0.5, 0.6) is 0 Å². The maximum Gasteiger partial charge on any atom is 0.306 e. The number of aromatic amines is 1. The Morgan fingerprint density at radius 3 is 2.78 bits per heavy atom. The van der Waals surface area contributed by atoms with Crippen molar-refractivity contribution in [2.45, 2.75) is 37.1 Å². The first-order chi connectivity index (χ1) is 8.40. The zero-order chi connectivity index (χ0) is 13.3. The van der Waals surface area contributed by atoms with E-state index < -0.39 is 21.9 Å². The highest BCUT2D eigenvalue weighted by Crippen LogP contribution is 2.27. The van der Waals surface area contributed by atoms with Gasteiger partial charge in [-0.3, -0.25) is 9.89 Å². The van der Waals surface area contributed by atoms with Crippen molar-refractivity contribution in [1.82, 2.24) is 14.9 Å². The highest BCUT2D eigenvalue weighted by atomic mass is 32.2. The molecular formula is C10H15N3O4S. The molecular weight excluding hydrogens is 258 g/mol. The van der Waals surface area contributed by atoms with Gasteiger partial charge in [-0.25, -0.2) is 13.1 Å². The van der Waals surface area contributed by atoms with Gasteiger partial charge in [-0.15, -0.1) is 0 Å². The normalized spacial score (nSPS) is 24.3. The Balaban J connectivity index is 2.07. The summed E-state index contributed by atoms with van der Waals surface area (Å²) in [6.07, 6.45) is 2.65. The number of hydrogen-bond donors (Lipinski definition) is 3. The molecule has 3 N–H and O–H groups in total. The minimum absolute atomic E-state index is 0.112. The fraction of sp³-hybridized carbons (Fsp3) is 0.600. The number of nitrogens with zero attached hydrogens (tertiary/aromatic N) is 1. The molecule has 2 rings (SSSR count). The SMILES string of the molecule is Cc1[nH]ncc1S(=O)(=O)N[C@H]1CC[C@@H](C(=O)O)C1. The van der Waals surface area contributed by atoms with Crippen molar-refractivity contribution in [1.29, 1.82) is 0 Å². The second kappa shape index (κ2) is 4.69. The lowest BCUT2D eigenvalue weighted by Crippen LogP contribution is -2.33. The zero-order valence-electron chi connectivity index (χ0n) is 9.88. The van der Waals surface area contributed by atoms with E-state index in [4.69, 9.17) is 5.11 Å². The van der Waals surface area contributed by atoms with E-state index in [0.29, 0.717) is 25.0 Å². The van der Waals surface area contributed by atoms with Crippen LogP contribution in [-0.2, 0) is 14.8 Å². The van der Waals surface area contributed by atoms with Crippen molar-refractivity contribution < 1.29 is 18.3 Å². The number of nitrogens with one attached hydrogen (secondary N) is 2. The maximum absolute atomic E-state index is 12.0. The van der Waals surface area contributed by atoms with Crippen LogP contribution in [0, 0.1) is 12.8 Å². The quantitative estimate of drug-likeness (QED) is 0.728. The van der Waals surface area contributed by atoms with Crippen LogP contribution in [0.15, 0.2) is 11.1 Å². The number of rotatable bonds is 4. The van der Waals surface area contributed by atoms with Crippen LogP contribution in [0.4, 0.5) is 0 Å². The highest BCUT2D eigenvalue weighted by Gasteiger charge is 2.33. The molecule has 0 aliphatic heterocycles. The lowest BCUT2D eigenvalue weighted by molar-refractivity contribution is -0.141. The van der Waals surface area contributed by atoms with E-state index in [1.165, 1.54) is 6.20 Å². The summed E-state index contributed by atoms with van der Waals surface area (Å²) in [5, 5.41) is 15.1. The molecule has 1 aliphatic carbocycles. The molecule has 1 aliphatic rings. The predicted molar refractivity (Wildman–Crippen MR) is 62.4 cm³/mol. The third kappa shape index (κ3) is 2.54. The van der Waals surface area contributed by atoms with Gasteiger partial charge in [-0.1, -0.05) is 0 Å². The largest absolute Gasteiger partial charge is 0.481 e. The number of H-pyrrole nitrogens is 1. The molecule has 1 heterocycles. The molecule has 8 heteroatoms. The van der Waals surface area contributed by atoms with Crippen LogP contribution in [-0.4, -0.2) is 35.7 Å². The Morgan fingerprint density at radius 2 is 2.28 bits per heavy atom. The summed E-state index contributed by atoms with van der Waals surface area (Å²) in [5.41, 5.74) is 0.468. The minimum atomic E-state index is -3.62. The first kappa shape index (κ1) is 13.0. The van der Waals surface area contributed by atoms with Crippen LogP contribution in [0.2, 0.25) is 0 Å². The molecule has 0 radical (unpaired) electrons.